The van der Waals surface area contributed by atoms with E-state index in [1.807, 2.05) is 73.1 Å². The van der Waals surface area contributed by atoms with Crippen molar-refractivity contribution in [3.05, 3.63) is 96.3 Å². The fraction of sp³-hybridized carbons (Fsp3) is 0.0417. The van der Waals surface area contributed by atoms with Gasteiger partial charge in [0.05, 0.1) is 22.4 Å². The summed E-state index contributed by atoms with van der Waals surface area (Å²) in [7, 11) is 0. The number of amides is 1. The van der Waals surface area contributed by atoms with Gasteiger partial charge in [-0.1, -0.05) is 30.3 Å². The zero-order valence-electron chi connectivity index (χ0n) is 16.1. The first-order valence-corrected chi connectivity index (χ1v) is 9.69. The quantitative estimate of drug-likeness (QED) is 0.409. The van der Waals surface area contributed by atoms with Crippen molar-refractivity contribution in [2.24, 2.45) is 0 Å². The Kier molecular flexibility index (Phi) is 4.57. The maximum atomic E-state index is 12.7. The molecule has 3 N–H and O–H groups in total. The number of nitrogens with one attached hydrogen (secondary N) is 3. The van der Waals surface area contributed by atoms with E-state index < -0.39 is 0 Å². The van der Waals surface area contributed by atoms with E-state index in [0.29, 0.717) is 17.6 Å². The molecule has 0 spiro atoms. The smallest absolute Gasteiger partial charge is 0.251 e. The second-order valence-electron chi connectivity index (χ2n) is 6.96. The van der Waals surface area contributed by atoms with Crippen LogP contribution in [0, 0.1) is 0 Å². The lowest BCUT2D eigenvalue weighted by atomic mass is 10.1. The fourth-order valence-corrected chi connectivity index (χ4v) is 3.41. The van der Waals surface area contributed by atoms with Crippen LogP contribution in [0.1, 0.15) is 15.9 Å². The second kappa shape index (κ2) is 7.67. The topological polar surface area (TPSA) is 86.5 Å². The molecule has 2 aromatic carbocycles. The Morgan fingerprint density at radius 2 is 1.43 bits per heavy atom. The fourth-order valence-electron chi connectivity index (χ4n) is 3.41. The van der Waals surface area contributed by atoms with Crippen LogP contribution in [0.2, 0.25) is 0 Å². The maximum Gasteiger partial charge on any atom is 0.251 e. The van der Waals surface area contributed by atoms with Gasteiger partial charge >= 0.3 is 0 Å². The predicted octanol–water partition coefficient (Wildman–Crippen LogP) is 4.55. The first kappa shape index (κ1) is 17.9. The normalized spacial score (nSPS) is 10.9. The van der Waals surface area contributed by atoms with Crippen LogP contribution >= 0.6 is 0 Å². The zero-order chi connectivity index (χ0) is 20.3. The van der Waals surface area contributed by atoms with Gasteiger partial charge in [-0.25, -0.2) is 9.97 Å². The highest BCUT2D eigenvalue weighted by Gasteiger charge is 2.15. The summed E-state index contributed by atoms with van der Waals surface area (Å²) >= 11 is 0. The van der Waals surface area contributed by atoms with Crippen LogP contribution < -0.4 is 5.32 Å². The molecule has 30 heavy (non-hydrogen) atoms. The van der Waals surface area contributed by atoms with Gasteiger partial charge in [0.2, 0.25) is 0 Å². The molecule has 0 fully saturated rings. The number of rotatable bonds is 5. The lowest BCUT2D eigenvalue weighted by molar-refractivity contribution is 0.0951. The van der Waals surface area contributed by atoms with Crippen LogP contribution in [-0.2, 0) is 6.54 Å². The molecule has 5 rings (SSSR count). The molecule has 0 unspecified atom stereocenters. The Balaban J connectivity index is 1.51. The Morgan fingerprint density at radius 3 is 2.07 bits per heavy atom. The van der Waals surface area contributed by atoms with Crippen LogP contribution in [0.25, 0.3) is 33.8 Å². The number of hydrogen-bond donors (Lipinski definition) is 3. The number of carbonyl (C=O) groups is 1. The predicted molar refractivity (Wildman–Crippen MR) is 117 cm³/mol. The van der Waals surface area contributed by atoms with E-state index in [1.54, 1.807) is 12.1 Å². The Bertz CT molecular complexity index is 1290. The lowest BCUT2D eigenvalue weighted by Crippen LogP contribution is -2.22. The first-order valence-electron chi connectivity index (χ1n) is 9.69. The summed E-state index contributed by atoms with van der Waals surface area (Å²) < 4.78 is 0. The van der Waals surface area contributed by atoms with Crippen molar-refractivity contribution in [2.45, 2.75) is 6.54 Å². The largest absolute Gasteiger partial charge is 0.360 e. The molecule has 3 aromatic heterocycles. The summed E-state index contributed by atoms with van der Waals surface area (Å²) in [6.07, 6.45) is 3.72. The number of aromatic nitrogens is 4. The molecule has 0 aliphatic rings. The number of aromatic amines is 2. The molecule has 6 nitrogen and oxygen atoms in total. The number of carbonyl (C=O) groups excluding carboxylic acids is 1. The third kappa shape index (κ3) is 3.46. The minimum Gasteiger partial charge on any atom is -0.360 e. The van der Waals surface area contributed by atoms with E-state index in [-0.39, 0.29) is 5.91 Å². The van der Waals surface area contributed by atoms with E-state index in [0.717, 1.165) is 33.9 Å². The molecule has 5 aromatic rings. The molecular weight excluding hydrogens is 374 g/mol. The second-order valence-corrected chi connectivity index (χ2v) is 6.96. The monoisotopic (exact) mass is 393 g/mol. The van der Waals surface area contributed by atoms with Gasteiger partial charge in [0.15, 0.2) is 0 Å². The first-order chi connectivity index (χ1) is 14.8. The van der Waals surface area contributed by atoms with Crippen LogP contribution in [-0.4, -0.2) is 25.8 Å². The van der Waals surface area contributed by atoms with Gasteiger partial charge in [-0.2, -0.15) is 0 Å². The van der Waals surface area contributed by atoms with Crippen LogP contribution in [0.4, 0.5) is 0 Å². The SMILES string of the molecule is O=C(NCc1ccccc1)c1ccc2nc(-c3ccc[nH]3)c(-c3ccc[nH]3)nc2c1. The molecule has 0 atom stereocenters. The number of hydrogen-bond acceptors (Lipinski definition) is 3. The molecule has 0 bridgehead atoms. The number of H-pyrrole nitrogens is 2. The van der Waals surface area contributed by atoms with Crippen molar-refractivity contribution >= 4 is 16.9 Å². The van der Waals surface area contributed by atoms with E-state index in [4.69, 9.17) is 9.97 Å². The van der Waals surface area contributed by atoms with E-state index in [2.05, 4.69) is 15.3 Å². The van der Waals surface area contributed by atoms with Gasteiger partial charge in [0, 0.05) is 24.5 Å². The molecule has 1 amide bonds. The average Bonchev–Trinajstić information content (AvgIpc) is 3.51. The molecule has 0 aliphatic heterocycles. The standard InChI is InChI=1S/C24H19N5O/c30-24(27-15-16-6-2-1-3-7-16)17-10-11-18-21(14-17)29-23(20-9-5-13-26-20)22(28-18)19-8-4-12-25-19/h1-14,25-26H,15H2,(H,27,30). The zero-order valence-corrected chi connectivity index (χ0v) is 16.1. The summed E-state index contributed by atoms with van der Waals surface area (Å²) in [6.45, 7) is 0.475. The van der Waals surface area contributed by atoms with E-state index >= 15 is 0 Å². The van der Waals surface area contributed by atoms with Gasteiger partial charge in [-0.3, -0.25) is 4.79 Å². The van der Waals surface area contributed by atoms with E-state index in [1.165, 1.54) is 0 Å². The molecule has 0 saturated carbocycles. The van der Waals surface area contributed by atoms with Gasteiger partial charge in [0.1, 0.15) is 11.4 Å². The van der Waals surface area contributed by atoms with Crippen LogP contribution in [0.3, 0.4) is 0 Å². The summed E-state index contributed by atoms with van der Waals surface area (Å²) in [5, 5.41) is 2.96. The Hall–Kier alpha value is -4.19. The molecule has 146 valence electrons. The molecule has 0 aliphatic carbocycles. The van der Waals surface area contributed by atoms with Gasteiger partial charge < -0.3 is 15.3 Å². The highest BCUT2D eigenvalue weighted by Crippen LogP contribution is 2.29. The summed E-state index contributed by atoms with van der Waals surface area (Å²) in [5.74, 6) is -0.141. The lowest BCUT2D eigenvalue weighted by Gasteiger charge is -2.10. The maximum absolute atomic E-state index is 12.7. The third-order valence-corrected chi connectivity index (χ3v) is 4.93. The number of benzene rings is 2. The summed E-state index contributed by atoms with van der Waals surface area (Å²) in [4.78, 5) is 28.7. The Morgan fingerprint density at radius 1 is 0.767 bits per heavy atom. The van der Waals surface area contributed by atoms with Crippen LogP contribution in [0.5, 0.6) is 0 Å². The van der Waals surface area contributed by atoms with Crippen molar-refractivity contribution in [3.8, 4) is 22.8 Å². The van der Waals surface area contributed by atoms with Gasteiger partial charge in [-0.15, -0.1) is 0 Å². The Labute approximate surface area is 173 Å². The molecule has 3 heterocycles. The minimum atomic E-state index is -0.141. The van der Waals surface area contributed by atoms with Gasteiger partial charge in [0.25, 0.3) is 5.91 Å². The van der Waals surface area contributed by atoms with Crippen molar-refractivity contribution in [2.75, 3.05) is 0 Å². The minimum absolute atomic E-state index is 0.141. The highest BCUT2D eigenvalue weighted by molar-refractivity contribution is 5.98. The molecule has 0 saturated heterocycles. The average molecular weight is 393 g/mol. The van der Waals surface area contributed by atoms with E-state index in [9.17, 15) is 4.79 Å². The highest BCUT2D eigenvalue weighted by atomic mass is 16.1. The number of nitrogens with zero attached hydrogens (tertiary/aromatic N) is 2. The van der Waals surface area contributed by atoms with Crippen LogP contribution in [0.15, 0.2) is 85.2 Å². The third-order valence-electron chi connectivity index (χ3n) is 4.93. The van der Waals surface area contributed by atoms with Crippen molar-refractivity contribution in [1.29, 1.82) is 0 Å². The van der Waals surface area contributed by atoms with Gasteiger partial charge in [-0.05, 0) is 48.0 Å². The van der Waals surface area contributed by atoms with Crippen molar-refractivity contribution in [1.82, 2.24) is 25.3 Å². The summed E-state index contributed by atoms with van der Waals surface area (Å²) in [5.41, 5.74) is 6.25. The molecular formula is C24H19N5O. The van der Waals surface area contributed by atoms with Crippen molar-refractivity contribution in [3.63, 3.8) is 0 Å². The summed E-state index contributed by atoms with van der Waals surface area (Å²) in [6, 6.07) is 23.0. The number of fused-ring (bicyclic) bond motifs is 1. The molecule has 0 radical (unpaired) electrons. The van der Waals surface area contributed by atoms with Crippen molar-refractivity contribution < 1.29 is 4.79 Å². The molecule has 6 heteroatoms.